The van der Waals surface area contributed by atoms with Gasteiger partial charge in [-0.3, -0.25) is 4.90 Å². The van der Waals surface area contributed by atoms with Crippen molar-refractivity contribution in [3.63, 3.8) is 0 Å². The van der Waals surface area contributed by atoms with Crippen molar-refractivity contribution in [1.82, 2.24) is 4.90 Å². The molecule has 2 aliphatic heterocycles. The fourth-order valence-corrected chi connectivity index (χ4v) is 3.51. The third kappa shape index (κ3) is 2.26. The standard InChI is InChI=1S/C16H24N2O/c1-11-4-5-12(2)15-14(11)16(13(3)10-17-15)18-6-8-19-9-7-18/h4-5,13,16-17H,6-10H2,1-3H3. The lowest BCUT2D eigenvalue weighted by molar-refractivity contribution is 0.00402. The third-order valence-electron chi connectivity index (χ3n) is 4.55. The molecule has 0 saturated carbocycles. The number of nitrogens with one attached hydrogen (secondary N) is 1. The van der Waals surface area contributed by atoms with Gasteiger partial charge in [-0.2, -0.15) is 0 Å². The van der Waals surface area contributed by atoms with Gasteiger partial charge in [-0.1, -0.05) is 19.1 Å². The number of nitrogens with zero attached hydrogens (tertiary/aromatic N) is 1. The van der Waals surface area contributed by atoms with Gasteiger partial charge in [0.1, 0.15) is 0 Å². The Balaban J connectivity index is 2.02. The van der Waals surface area contributed by atoms with Crippen LogP contribution in [-0.2, 0) is 4.74 Å². The zero-order valence-electron chi connectivity index (χ0n) is 12.2. The molecule has 3 heteroatoms. The molecule has 19 heavy (non-hydrogen) atoms. The lowest BCUT2D eigenvalue weighted by Crippen LogP contribution is -2.44. The van der Waals surface area contributed by atoms with Gasteiger partial charge in [0.25, 0.3) is 0 Å². The Bertz CT molecular complexity index is 466. The molecule has 2 unspecified atom stereocenters. The van der Waals surface area contributed by atoms with Crippen LogP contribution in [0.5, 0.6) is 0 Å². The van der Waals surface area contributed by atoms with Crippen molar-refractivity contribution in [3.8, 4) is 0 Å². The van der Waals surface area contributed by atoms with Crippen LogP contribution in [0.1, 0.15) is 29.7 Å². The van der Waals surface area contributed by atoms with E-state index in [1.165, 1.54) is 22.4 Å². The second-order valence-corrected chi connectivity index (χ2v) is 5.94. The van der Waals surface area contributed by atoms with Crippen molar-refractivity contribution < 1.29 is 4.74 Å². The van der Waals surface area contributed by atoms with Crippen molar-refractivity contribution in [2.75, 3.05) is 38.2 Å². The van der Waals surface area contributed by atoms with Crippen LogP contribution in [0.4, 0.5) is 5.69 Å². The predicted octanol–water partition coefficient (Wildman–Crippen LogP) is 2.74. The summed E-state index contributed by atoms with van der Waals surface area (Å²) < 4.78 is 5.51. The predicted molar refractivity (Wildman–Crippen MR) is 78.7 cm³/mol. The van der Waals surface area contributed by atoms with Gasteiger partial charge in [-0.15, -0.1) is 0 Å². The van der Waals surface area contributed by atoms with Crippen LogP contribution in [0.15, 0.2) is 12.1 Å². The molecule has 0 radical (unpaired) electrons. The summed E-state index contributed by atoms with van der Waals surface area (Å²) in [6.07, 6.45) is 0. The highest BCUT2D eigenvalue weighted by molar-refractivity contribution is 5.63. The van der Waals surface area contributed by atoms with Crippen LogP contribution < -0.4 is 5.32 Å². The summed E-state index contributed by atoms with van der Waals surface area (Å²) in [5.41, 5.74) is 5.66. The molecule has 1 aromatic carbocycles. The minimum absolute atomic E-state index is 0.542. The quantitative estimate of drug-likeness (QED) is 0.840. The van der Waals surface area contributed by atoms with E-state index in [1.807, 2.05) is 0 Å². The van der Waals surface area contributed by atoms with E-state index in [0.29, 0.717) is 12.0 Å². The molecule has 0 aromatic heterocycles. The normalized spacial score (nSPS) is 27.7. The Morgan fingerprint density at radius 1 is 1.16 bits per heavy atom. The Morgan fingerprint density at radius 3 is 2.58 bits per heavy atom. The van der Waals surface area contributed by atoms with E-state index in [2.05, 4.69) is 43.1 Å². The largest absolute Gasteiger partial charge is 0.384 e. The molecule has 1 saturated heterocycles. The van der Waals surface area contributed by atoms with Gasteiger partial charge >= 0.3 is 0 Å². The van der Waals surface area contributed by atoms with Crippen molar-refractivity contribution in [2.24, 2.45) is 5.92 Å². The fourth-order valence-electron chi connectivity index (χ4n) is 3.51. The average Bonchev–Trinajstić information content (AvgIpc) is 2.44. The highest BCUT2D eigenvalue weighted by Gasteiger charge is 2.33. The number of ether oxygens (including phenoxy) is 1. The second-order valence-electron chi connectivity index (χ2n) is 5.94. The highest BCUT2D eigenvalue weighted by atomic mass is 16.5. The molecule has 0 amide bonds. The van der Waals surface area contributed by atoms with Crippen molar-refractivity contribution >= 4 is 5.69 Å². The van der Waals surface area contributed by atoms with Crippen LogP contribution in [0.3, 0.4) is 0 Å². The van der Waals surface area contributed by atoms with Crippen LogP contribution in [-0.4, -0.2) is 37.7 Å². The molecule has 2 heterocycles. The summed E-state index contributed by atoms with van der Waals surface area (Å²) in [6, 6.07) is 5.04. The van der Waals surface area contributed by atoms with Crippen molar-refractivity contribution in [3.05, 3.63) is 28.8 Å². The Labute approximate surface area is 115 Å². The molecule has 0 spiro atoms. The Morgan fingerprint density at radius 2 is 1.84 bits per heavy atom. The lowest BCUT2D eigenvalue weighted by Gasteiger charge is -2.43. The van der Waals surface area contributed by atoms with Crippen LogP contribution in [0.2, 0.25) is 0 Å². The first-order chi connectivity index (χ1) is 9.18. The molecule has 3 rings (SSSR count). The first kappa shape index (κ1) is 12.9. The number of fused-ring (bicyclic) bond motifs is 1. The molecular weight excluding hydrogens is 236 g/mol. The van der Waals surface area contributed by atoms with Crippen LogP contribution >= 0.6 is 0 Å². The van der Waals surface area contributed by atoms with E-state index in [-0.39, 0.29) is 0 Å². The number of benzene rings is 1. The Hall–Kier alpha value is -1.06. The maximum atomic E-state index is 5.51. The Kier molecular flexibility index (Phi) is 3.50. The van der Waals surface area contributed by atoms with E-state index in [9.17, 15) is 0 Å². The van der Waals surface area contributed by atoms with Gasteiger partial charge in [0.15, 0.2) is 0 Å². The number of morpholine rings is 1. The minimum Gasteiger partial charge on any atom is -0.384 e. The van der Waals surface area contributed by atoms with E-state index in [1.54, 1.807) is 0 Å². The minimum atomic E-state index is 0.542. The van der Waals surface area contributed by atoms with E-state index in [4.69, 9.17) is 4.74 Å². The lowest BCUT2D eigenvalue weighted by atomic mass is 9.84. The maximum Gasteiger partial charge on any atom is 0.0594 e. The molecule has 0 bridgehead atoms. The smallest absolute Gasteiger partial charge is 0.0594 e. The number of hydrogen-bond acceptors (Lipinski definition) is 3. The van der Waals surface area contributed by atoms with Crippen LogP contribution in [0.25, 0.3) is 0 Å². The van der Waals surface area contributed by atoms with Crippen molar-refractivity contribution in [1.29, 1.82) is 0 Å². The van der Waals surface area contributed by atoms with Crippen molar-refractivity contribution in [2.45, 2.75) is 26.8 Å². The zero-order valence-corrected chi connectivity index (χ0v) is 12.2. The van der Waals surface area contributed by atoms with E-state index >= 15 is 0 Å². The molecule has 0 aliphatic carbocycles. The van der Waals surface area contributed by atoms with Gasteiger partial charge in [0.2, 0.25) is 0 Å². The van der Waals surface area contributed by atoms with Crippen LogP contribution in [0, 0.1) is 19.8 Å². The first-order valence-electron chi connectivity index (χ1n) is 7.34. The van der Waals surface area contributed by atoms with E-state index < -0.39 is 0 Å². The zero-order chi connectivity index (χ0) is 13.4. The summed E-state index contributed by atoms with van der Waals surface area (Å²) in [5.74, 6) is 0.645. The number of aryl methyl sites for hydroxylation is 2. The maximum absolute atomic E-state index is 5.51. The van der Waals surface area contributed by atoms with E-state index in [0.717, 1.165) is 32.8 Å². The molecule has 2 atom stereocenters. The molecule has 2 aliphatic rings. The summed E-state index contributed by atoms with van der Waals surface area (Å²) >= 11 is 0. The average molecular weight is 260 g/mol. The summed E-state index contributed by atoms with van der Waals surface area (Å²) in [4.78, 5) is 2.61. The molecule has 1 N–H and O–H groups in total. The highest BCUT2D eigenvalue weighted by Crippen LogP contribution is 2.41. The molecule has 1 fully saturated rings. The molecule has 3 nitrogen and oxygen atoms in total. The third-order valence-corrected chi connectivity index (χ3v) is 4.55. The van der Waals surface area contributed by atoms with Gasteiger partial charge in [0.05, 0.1) is 13.2 Å². The number of anilines is 1. The van der Waals surface area contributed by atoms with Gasteiger partial charge in [0, 0.05) is 31.4 Å². The topological polar surface area (TPSA) is 24.5 Å². The number of rotatable bonds is 1. The SMILES string of the molecule is Cc1ccc(C)c2c1NCC(C)C2N1CCOCC1. The van der Waals surface area contributed by atoms with Gasteiger partial charge in [-0.05, 0) is 36.5 Å². The number of hydrogen-bond donors (Lipinski definition) is 1. The summed E-state index contributed by atoms with van der Waals surface area (Å²) in [6.45, 7) is 11.7. The summed E-state index contributed by atoms with van der Waals surface area (Å²) in [7, 11) is 0. The molecule has 1 aromatic rings. The fraction of sp³-hybridized carbons (Fsp3) is 0.625. The molecule has 104 valence electrons. The molecular formula is C16H24N2O. The van der Waals surface area contributed by atoms with Gasteiger partial charge in [-0.25, -0.2) is 0 Å². The van der Waals surface area contributed by atoms with Gasteiger partial charge < -0.3 is 10.1 Å². The monoisotopic (exact) mass is 260 g/mol. The second kappa shape index (κ2) is 5.14. The first-order valence-corrected chi connectivity index (χ1v) is 7.34. The summed E-state index contributed by atoms with van der Waals surface area (Å²) in [5, 5.41) is 3.63.